The van der Waals surface area contributed by atoms with Gasteiger partial charge in [0.15, 0.2) is 0 Å². The van der Waals surface area contributed by atoms with Crippen LogP contribution in [0.1, 0.15) is 26.2 Å². The van der Waals surface area contributed by atoms with E-state index in [1.165, 1.54) is 13.0 Å². The molecule has 0 heterocycles. The number of carbonyl (C=O) groups excluding carboxylic acids is 3. The van der Waals surface area contributed by atoms with Gasteiger partial charge >= 0.3 is 11.9 Å². The number of unbranched alkanes of at least 4 members (excludes halogenated alkanes) is 1. The van der Waals surface area contributed by atoms with Crippen LogP contribution in [0.15, 0.2) is 17.1 Å². The highest BCUT2D eigenvalue weighted by atomic mass is 16.6. The lowest BCUT2D eigenvalue weighted by molar-refractivity contribution is -0.150. The SMILES string of the molecule is C=C(C)C(=O)OCCOC(=O)CCCCN=C=O. The van der Waals surface area contributed by atoms with E-state index in [4.69, 9.17) is 9.47 Å². The molecular formula is C12H17NO5. The Balaban J connectivity index is 3.45. The van der Waals surface area contributed by atoms with Crippen molar-refractivity contribution in [3.05, 3.63) is 12.2 Å². The second-order valence-electron chi connectivity index (χ2n) is 3.57. The van der Waals surface area contributed by atoms with Crippen molar-refractivity contribution in [1.29, 1.82) is 0 Å². The minimum absolute atomic E-state index is 0.0207. The van der Waals surface area contributed by atoms with Crippen LogP contribution in [0.5, 0.6) is 0 Å². The van der Waals surface area contributed by atoms with Gasteiger partial charge in [0.25, 0.3) is 0 Å². The summed E-state index contributed by atoms with van der Waals surface area (Å²) in [5.74, 6) is -0.866. The van der Waals surface area contributed by atoms with Crippen LogP contribution in [0.3, 0.4) is 0 Å². The Morgan fingerprint density at radius 1 is 1.22 bits per heavy atom. The summed E-state index contributed by atoms with van der Waals surface area (Å²) in [6.07, 6.45) is 2.90. The molecule has 0 N–H and O–H groups in total. The van der Waals surface area contributed by atoms with Gasteiger partial charge in [-0.05, 0) is 19.8 Å². The van der Waals surface area contributed by atoms with E-state index >= 15 is 0 Å². The van der Waals surface area contributed by atoms with E-state index < -0.39 is 5.97 Å². The molecule has 0 amide bonds. The highest BCUT2D eigenvalue weighted by Crippen LogP contribution is 1.98. The summed E-state index contributed by atoms with van der Waals surface area (Å²) in [5, 5.41) is 0. The van der Waals surface area contributed by atoms with E-state index in [0.717, 1.165) is 0 Å². The van der Waals surface area contributed by atoms with Gasteiger partial charge in [-0.1, -0.05) is 6.58 Å². The molecule has 0 saturated carbocycles. The summed E-state index contributed by atoms with van der Waals surface area (Å²) >= 11 is 0. The zero-order valence-corrected chi connectivity index (χ0v) is 10.4. The van der Waals surface area contributed by atoms with Crippen LogP contribution in [-0.4, -0.2) is 37.8 Å². The molecule has 0 aromatic carbocycles. The lowest BCUT2D eigenvalue weighted by Crippen LogP contribution is -2.14. The molecule has 0 saturated heterocycles. The first-order valence-corrected chi connectivity index (χ1v) is 5.59. The maximum atomic E-state index is 11.2. The Hall–Kier alpha value is -1.94. The molecule has 0 spiro atoms. The van der Waals surface area contributed by atoms with Crippen molar-refractivity contribution in [1.82, 2.24) is 0 Å². The largest absolute Gasteiger partial charge is 0.462 e. The van der Waals surface area contributed by atoms with Gasteiger partial charge in [0.05, 0.1) is 6.54 Å². The van der Waals surface area contributed by atoms with E-state index in [2.05, 4.69) is 11.6 Å². The molecular weight excluding hydrogens is 238 g/mol. The van der Waals surface area contributed by atoms with Crippen LogP contribution in [0.2, 0.25) is 0 Å². The fourth-order valence-corrected chi connectivity index (χ4v) is 0.991. The molecule has 0 bridgehead atoms. The number of carbonyl (C=O) groups is 2. The third-order valence-corrected chi connectivity index (χ3v) is 1.89. The predicted octanol–water partition coefficient (Wildman–Crippen LogP) is 1.16. The molecule has 0 aromatic rings. The molecule has 0 aliphatic rings. The van der Waals surface area contributed by atoms with Crippen LogP contribution >= 0.6 is 0 Å². The van der Waals surface area contributed by atoms with E-state index in [-0.39, 0.29) is 25.6 Å². The minimum atomic E-state index is -0.502. The van der Waals surface area contributed by atoms with Gasteiger partial charge in [-0.3, -0.25) is 4.79 Å². The number of hydrogen-bond donors (Lipinski definition) is 0. The topological polar surface area (TPSA) is 82.0 Å². The third kappa shape index (κ3) is 9.30. The van der Waals surface area contributed by atoms with E-state index in [0.29, 0.717) is 25.0 Å². The van der Waals surface area contributed by atoms with E-state index in [9.17, 15) is 14.4 Å². The van der Waals surface area contributed by atoms with Crippen molar-refractivity contribution in [2.75, 3.05) is 19.8 Å². The van der Waals surface area contributed by atoms with Crippen molar-refractivity contribution >= 4 is 18.0 Å². The van der Waals surface area contributed by atoms with Crippen LogP contribution in [-0.2, 0) is 23.9 Å². The van der Waals surface area contributed by atoms with Gasteiger partial charge in [0.1, 0.15) is 13.2 Å². The first kappa shape index (κ1) is 16.1. The van der Waals surface area contributed by atoms with Gasteiger partial charge in [0.2, 0.25) is 6.08 Å². The summed E-state index contributed by atoms with van der Waals surface area (Å²) in [4.78, 5) is 35.2. The molecule has 6 heteroatoms. The van der Waals surface area contributed by atoms with Crippen LogP contribution in [0, 0.1) is 0 Å². The summed E-state index contributed by atoms with van der Waals surface area (Å²) < 4.78 is 9.56. The standard InChI is InChI=1S/C12H17NO5/c1-10(2)12(16)18-8-7-17-11(15)5-3-4-6-13-9-14/h1,3-8H2,2H3. The molecule has 100 valence electrons. The van der Waals surface area contributed by atoms with Gasteiger partial charge < -0.3 is 9.47 Å². The smallest absolute Gasteiger partial charge is 0.333 e. The van der Waals surface area contributed by atoms with Gasteiger partial charge in [-0.15, -0.1) is 0 Å². The summed E-state index contributed by atoms with van der Waals surface area (Å²) in [7, 11) is 0. The quantitative estimate of drug-likeness (QED) is 0.203. The minimum Gasteiger partial charge on any atom is -0.462 e. The molecule has 0 atom stereocenters. The number of hydrogen-bond acceptors (Lipinski definition) is 6. The summed E-state index contributed by atoms with van der Waals surface area (Å²) in [6, 6.07) is 0. The summed E-state index contributed by atoms with van der Waals surface area (Å²) in [5.41, 5.74) is 0.303. The Morgan fingerprint density at radius 2 is 1.89 bits per heavy atom. The average molecular weight is 255 g/mol. The zero-order valence-electron chi connectivity index (χ0n) is 10.4. The Morgan fingerprint density at radius 3 is 2.50 bits per heavy atom. The molecule has 0 fully saturated rings. The number of isocyanates is 1. The molecule has 0 aliphatic heterocycles. The van der Waals surface area contributed by atoms with Crippen molar-refractivity contribution in [3.63, 3.8) is 0 Å². The van der Waals surface area contributed by atoms with Crippen molar-refractivity contribution < 1.29 is 23.9 Å². The first-order chi connectivity index (χ1) is 8.57. The molecule has 6 nitrogen and oxygen atoms in total. The second-order valence-corrected chi connectivity index (χ2v) is 3.57. The lowest BCUT2D eigenvalue weighted by atomic mass is 10.2. The first-order valence-electron chi connectivity index (χ1n) is 5.59. The number of ether oxygens (including phenoxy) is 2. The van der Waals surface area contributed by atoms with E-state index in [1.807, 2.05) is 0 Å². The number of esters is 2. The van der Waals surface area contributed by atoms with E-state index in [1.54, 1.807) is 0 Å². The second kappa shape index (κ2) is 10.2. The molecule has 0 aromatic heterocycles. The van der Waals surface area contributed by atoms with Gasteiger partial charge in [-0.2, -0.15) is 0 Å². The number of nitrogens with zero attached hydrogens (tertiary/aromatic N) is 1. The zero-order chi connectivity index (χ0) is 13.8. The normalized spacial score (nSPS) is 9.17. The summed E-state index contributed by atoms with van der Waals surface area (Å²) in [6.45, 7) is 5.37. The fraction of sp³-hybridized carbons (Fsp3) is 0.583. The van der Waals surface area contributed by atoms with Gasteiger partial charge in [0, 0.05) is 12.0 Å². The number of aliphatic imine (C=N–C) groups is 1. The average Bonchev–Trinajstić information content (AvgIpc) is 2.34. The Bertz CT molecular complexity index is 344. The highest BCUT2D eigenvalue weighted by Gasteiger charge is 2.05. The maximum absolute atomic E-state index is 11.2. The third-order valence-electron chi connectivity index (χ3n) is 1.89. The van der Waals surface area contributed by atoms with Crippen LogP contribution in [0.4, 0.5) is 0 Å². The van der Waals surface area contributed by atoms with Crippen molar-refractivity contribution in [2.24, 2.45) is 4.99 Å². The molecule has 0 unspecified atom stereocenters. The van der Waals surface area contributed by atoms with Crippen LogP contribution in [0.25, 0.3) is 0 Å². The number of rotatable bonds is 9. The van der Waals surface area contributed by atoms with Crippen molar-refractivity contribution in [2.45, 2.75) is 26.2 Å². The molecule has 0 rings (SSSR count). The molecule has 0 radical (unpaired) electrons. The Labute approximate surface area is 106 Å². The monoisotopic (exact) mass is 255 g/mol. The predicted molar refractivity (Wildman–Crippen MR) is 63.6 cm³/mol. The molecule has 18 heavy (non-hydrogen) atoms. The fourth-order valence-electron chi connectivity index (χ4n) is 0.991. The van der Waals surface area contributed by atoms with Gasteiger partial charge in [-0.25, -0.2) is 14.6 Å². The van der Waals surface area contributed by atoms with Crippen molar-refractivity contribution in [3.8, 4) is 0 Å². The maximum Gasteiger partial charge on any atom is 0.333 e. The highest BCUT2D eigenvalue weighted by molar-refractivity contribution is 5.86. The van der Waals surface area contributed by atoms with Crippen LogP contribution < -0.4 is 0 Å². The molecule has 0 aliphatic carbocycles. The Kier molecular flexibility index (Phi) is 9.13. The lowest BCUT2D eigenvalue weighted by Gasteiger charge is -2.05.